The van der Waals surface area contributed by atoms with Gasteiger partial charge in [0, 0.05) is 13.0 Å². The van der Waals surface area contributed by atoms with Crippen LogP contribution < -0.4 is 5.32 Å². The zero-order valence-corrected chi connectivity index (χ0v) is 9.88. The Hall–Kier alpha value is -0.800. The number of aryl methyl sites for hydroxylation is 1. The van der Waals surface area contributed by atoms with Gasteiger partial charge in [-0.2, -0.15) is 0 Å². The molecule has 0 bridgehead atoms. The molecule has 15 heavy (non-hydrogen) atoms. The van der Waals surface area contributed by atoms with Crippen molar-refractivity contribution in [3.8, 4) is 0 Å². The first-order chi connectivity index (χ1) is 7.31. The van der Waals surface area contributed by atoms with Crippen molar-refractivity contribution in [2.24, 2.45) is 0 Å². The molecule has 0 aromatic carbocycles. The molecule has 1 aromatic rings. The van der Waals surface area contributed by atoms with Crippen molar-refractivity contribution in [1.82, 2.24) is 5.32 Å². The first kappa shape index (κ1) is 12.3. The maximum atomic E-state index is 5.67. The molecule has 0 spiro atoms. The summed E-state index contributed by atoms with van der Waals surface area (Å²) in [6.45, 7) is 5.67. The van der Waals surface area contributed by atoms with Crippen molar-refractivity contribution in [3.05, 3.63) is 23.7 Å². The lowest BCUT2D eigenvalue weighted by atomic mass is 10.2. The molecule has 0 aliphatic carbocycles. The van der Waals surface area contributed by atoms with Crippen molar-refractivity contribution >= 4 is 0 Å². The Kier molecular flexibility index (Phi) is 5.43. The molecule has 1 heterocycles. The molecule has 0 amide bonds. The third kappa shape index (κ3) is 3.68. The molecule has 0 aliphatic heterocycles. The Morgan fingerprint density at radius 1 is 1.40 bits per heavy atom. The molecule has 1 rings (SSSR count). The summed E-state index contributed by atoms with van der Waals surface area (Å²) in [6.07, 6.45) is 1.99. The van der Waals surface area contributed by atoms with Gasteiger partial charge in [0.05, 0.1) is 12.6 Å². The van der Waals surface area contributed by atoms with E-state index in [1.165, 1.54) is 0 Å². The Balaban J connectivity index is 2.49. The molecule has 86 valence electrons. The van der Waals surface area contributed by atoms with Crippen LogP contribution in [0.5, 0.6) is 0 Å². The summed E-state index contributed by atoms with van der Waals surface area (Å²) < 4.78 is 11.2. The fourth-order valence-electron chi connectivity index (χ4n) is 1.43. The molecule has 3 nitrogen and oxygen atoms in total. The third-order valence-electron chi connectivity index (χ3n) is 2.36. The Labute approximate surface area is 91.8 Å². The van der Waals surface area contributed by atoms with E-state index in [9.17, 15) is 0 Å². The highest BCUT2D eigenvalue weighted by molar-refractivity contribution is 5.10. The van der Waals surface area contributed by atoms with Crippen LogP contribution in [-0.4, -0.2) is 20.3 Å². The summed E-state index contributed by atoms with van der Waals surface area (Å²) in [6, 6.07) is 4.21. The van der Waals surface area contributed by atoms with Gasteiger partial charge in [0.15, 0.2) is 0 Å². The van der Waals surface area contributed by atoms with E-state index in [-0.39, 0.29) is 6.04 Å². The zero-order chi connectivity index (χ0) is 11.1. The summed E-state index contributed by atoms with van der Waals surface area (Å²) in [7, 11) is 1.92. The van der Waals surface area contributed by atoms with Crippen molar-refractivity contribution < 1.29 is 9.15 Å². The molecule has 1 N–H and O–H groups in total. The summed E-state index contributed by atoms with van der Waals surface area (Å²) in [5.74, 6) is 1.99. The van der Waals surface area contributed by atoms with Crippen LogP contribution in [-0.2, 0) is 11.2 Å². The maximum absolute atomic E-state index is 5.67. The van der Waals surface area contributed by atoms with E-state index >= 15 is 0 Å². The molecule has 3 heteroatoms. The van der Waals surface area contributed by atoms with Crippen LogP contribution in [0, 0.1) is 0 Å². The molecular weight excluding hydrogens is 190 g/mol. The fourth-order valence-corrected chi connectivity index (χ4v) is 1.43. The number of likely N-dealkylation sites (N-methyl/N-ethyl adjacent to an activating group) is 1. The van der Waals surface area contributed by atoms with Crippen LogP contribution in [0.3, 0.4) is 0 Å². The quantitative estimate of drug-likeness (QED) is 0.704. The van der Waals surface area contributed by atoms with Gasteiger partial charge in [0.25, 0.3) is 0 Å². The molecule has 0 aliphatic rings. The summed E-state index contributed by atoms with van der Waals surface area (Å²) in [5, 5.41) is 3.20. The predicted octanol–water partition coefficient (Wildman–Crippen LogP) is 2.53. The standard InChI is InChI=1S/C12H21NO2/c1-4-8-14-9-11(13-3)12-7-6-10(5-2)15-12/h6-7,11,13H,4-5,8-9H2,1-3H3. The summed E-state index contributed by atoms with van der Waals surface area (Å²) in [5.41, 5.74) is 0. The molecule has 0 radical (unpaired) electrons. The normalized spacial score (nSPS) is 13.0. The van der Waals surface area contributed by atoms with E-state index in [0.717, 1.165) is 31.0 Å². The Morgan fingerprint density at radius 2 is 2.20 bits per heavy atom. The van der Waals surface area contributed by atoms with Crippen LogP contribution in [0.25, 0.3) is 0 Å². The first-order valence-electron chi connectivity index (χ1n) is 5.65. The maximum Gasteiger partial charge on any atom is 0.123 e. The van der Waals surface area contributed by atoms with Crippen LogP contribution in [0.15, 0.2) is 16.5 Å². The average Bonchev–Trinajstić information content (AvgIpc) is 2.73. The highest BCUT2D eigenvalue weighted by atomic mass is 16.5. The van der Waals surface area contributed by atoms with Gasteiger partial charge in [-0.05, 0) is 25.6 Å². The zero-order valence-electron chi connectivity index (χ0n) is 9.88. The molecule has 1 atom stereocenters. The van der Waals surface area contributed by atoms with E-state index in [1.807, 2.05) is 19.2 Å². The topological polar surface area (TPSA) is 34.4 Å². The third-order valence-corrected chi connectivity index (χ3v) is 2.36. The van der Waals surface area contributed by atoms with E-state index in [4.69, 9.17) is 9.15 Å². The number of hydrogen-bond acceptors (Lipinski definition) is 3. The van der Waals surface area contributed by atoms with Gasteiger partial charge in [0.2, 0.25) is 0 Å². The lowest BCUT2D eigenvalue weighted by molar-refractivity contribution is 0.107. The van der Waals surface area contributed by atoms with Crippen molar-refractivity contribution in [2.45, 2.75) is 32.7 Å². The van der Waals surface area contributed by atoms with Crippen molar-refractivity contribution in [2.75, 3.05) is 20.3 Å². The SMILES string of the molecule is CCCOCC(NC)c1ccc(CC)o1. The second-order valence-corrected chi connectivity index (χ2v) is 3.57. The predicted molar refractivity (Wildman–Crippen MR) is 61.0 cm³/mol. The van der Waals surface area contributed by atoms with Crippen LogP contribution in [0.2, 0.25) is 0 Å². The molecule has 1 unspecified atom stereocenters. The Bertz CT molecular complexity index is 270. The van der Waals surface area contributed by atoms with Gasteiger partial charge in [-0.1, -0.05) is 13.8 Å². The molecular formula is C12H21NO2. The highest BCUT2D eigenvalue weighted by Crippen LogP contribution is 2.17. The van der Waals surface area contributed by atoms with Crippen molar-refractivity contribution in [1.29, 1.82) is 0 Å². The second kappa shape index (κ2) is 6.64. The van der Waals surface area contributed by atoms with Crippen LogP contribution in [0.4, 0.5) is 0 Å². The smallest absolute Gasteiger partial charge is 0.123 e. The lowest BCUT2D eigenvalue weighted by Crippen LogP contribution is -2.21. The molecule has 1 aromatic heterocycles. The number of nitrogens with one attached hydrogen (secondary N) is 1. The number of ether oxygens (including phenoxy) is 1. The largest absolute Gasteiger partial charge is 0.464 e. The van der Waals surface area contributed by atoms with Gasteiger partial charge in [-0.15, -0.1) is 0 Å². The van der Waals surface area contributed by atoms with Gasteiger partial charge in [-0.3, -0.25) is 0 Å². The second-order valence-electron chi connectivity index (χ2n) is 3.57. The van der Waals surface area contributed by atoms with E-state index in [0.29, 0.717) is 6.61 Å². The minimum absolute atomic E-state index is 0.164. The van der Waals surface area contributed by atoms with E-state index in [1.54, 1.807) is 0 Å². The van der Waals surface area contributed by atoms with E-state index < -0.39 is 0 Å². The highest BCUT2D eigenvalue weighted by Gasteiger charge is 2.13. The van der Waals surface area contributed by atoms with Gasteiger partial charge in [0.1, 0.15) is 11.5 Å². The summed E-state index contributed by atoms with van der Waals surface area (Å²) in [4.78, 5) is 0. The van der Waals surface area contributed by atoms with Crippen LogP contribution >= 0.6 is 0 Å². The summed E-state index contributed by atoms with van der Waals surface area (Å²) >= 11 is 0. The lowest BCUT2D eigenvalue weighted by Gasteiger charge is -2.13. The fraction of sp³-hybridized carbons (Fsp3) is 0.667. The average molecular weight is 211 g/mol. The van der Waals surface area contributed by atoms with Gasteiger partial charge >= 0.3 is 0 Å². The minimum Gasteiger partial charge on any atom is -0.464 e. The van der Waals surface area contributed by atoms with Crippen LogP contribution in [0.1, 0.15) is 37.8 Å². The van der Waals surface area contributed by atoms with Gasteiger partial charge < -0.3 is 14.5 Å². The molecule has 0 saturated carbocycles. The number of rotatable bonds is 7. The van der Waals surface area contributed by atoms with Gasteiger partial charge in [-0.25, -0.2) is 0 Å². The first-order valence-corrected chi connectivity index (χ1v) is 5.65. The monoisotopic (exact) mass is 211 g/mol. The number of furan rings is 1. The number of hydrogen-bond donors (Lipinski definition) is 1. The van der Waals surface area contributed by atoms with Crippen molar-refractivity contribution in [3.63, 3.8) is 0 Å². The molecule has 0 saturated heterocycles. The Morgan fingerprint density at radius 3 is 2.73 bits per heavy atom. The molecule has 0 fully saturated rings. The van der Waals surface area contributed by atoms with E-state index in [2.05, 4.69) is 19.2 Å². The minimum atomic E-state index is 0.164.